The van der Waals surface area contributed by atoms with Gasteiger partial charge in [0, 0.05) is 13.1 Å². The molecule has 0 saturated heterocycles. The Labute approximate surface area is 129 Å². The molecule has 1 aromatic rings. The minimum absolute atomic E-state index is 0.348. The van der Waals surface area contributed by atoms with Gasteiger partial charge in [-0.25, -0.2) is 13.1 Å². The molecule has 0 radical (unpaired) electrons. The average molecular weight is 312 g/mol. The van der Waals surface area contributed by atoms with E-state index in [0.717, 1.165) is 18.4 Å². The Balaban J connectivity index is 2.41. The predicted octanol–water partition coefficient (Wildman–Crippen LogP) is 3.04. The zero-order chi connectivity index (χ0) is 15.6. The number of rotatable bonds is 11. The molecule has 4 nitrogen and oxygen atoms in total. The van der Waals surface area contributed by atoms with Gasteiger partial charge in [0.1, 0.15) is 0 Å². The third kappa shape index (κ3) is 7.07. The first kappa shape index (κ1) is 18.1. The molecule has 0 aromatic heterocycles. The summed E-state index contributed by atoms with van der Waals surface area (Å²) in [4.78, 5) is 0.348. The molecule has 0 aliphatic rings. The summed E-state index contributed by atoms with van der Waals surface area (Å²) in [6.45, 7) is 3.38. The third-order valence-corrected chi connectivity index (χ3v) is 4.87. The van der Waals surface area contributed by atoms with E-state index in [1.54, 1.807) is 18.2 Å². The van der Waals surface area contributed by atoms with Crippen LogP contribution in [-0.2, 0) is 16.6 Å². The SMILES string of the molecule is CCCCCCCCNS(=O)(=O)c1cccc(CNC)c1. The molecule has 0 saturated carbocycles. The van der Waals surface area contributed by atoms with E-state index in [4.69, 9.17) is 0 Å². The Kier molecular flexibility index (Phi) is 8.57. The number of hydrogen-bond acceptors (Lipinski definition) is 3. The largest absolute Gasteiger partial charge is 0.316 e. The van der Waals surface area contributed by atoms with Crippen LogP contribution < -0.4 is 10.0 Å². The molecule has 0 atom stereocenters. The molecule has 0 aliphatic heterocycles. The van der Waals surface area contributed by atoms with Crippen LogP contribution in [-0.4, -0.2) is 22.0 Å². The molecule has 0 unspecified atom stereocenters. The molecular formula is C16H28N2O2S. The maximum atomic E-state index is 12.2. The highest BCUT2D eigenvalue weighted by Gasteiger charge is 2.13. The van der Waals surface area contributed by atoms with E-state index in [-0.39, 0.29) is 0 Å². The molecule has 0 amide bonds. The average Bonchev–Trinajstić information content (AvgIpc) is 2.47. The van der Waals surface area contributed by atoms with Gasteiger partial charge in [0.2, 0.25) is 10.0 Å². The van der Waals surface area contributed by atoms with Gasteiger partial charge in [0.05, 0.1) is 4.90 Å². The van der Waals surface area contributed by atoms with Crippen molar-refractivity contribution >= 4 is 10.0 Å². The molecule has 0 spiro atoms. The molecule has 1 aromatic carbocycles. The lowest BCUT2D eigenvalue weighted by Gasteiger charge is -2.08. The number of nitrogens with one attached hydrogen (secondary N) is 2. The lowest BCUT2D eigenvalue weighted by atomic mass is 10.1. The van der Waals surface area contributed by atoms with E-state index in [1.807, 2.05) is 13.1 Å². The second-order valence-corrected chi connectivity index (χ2v) is 7.11. The smallest absolute Gasteiger partial charge is 0.240 e. The van der Waals surface area contributed by atoms with E-state index in [1.165, 1.54) is 25.7 Å². The minimum Gasteiger partial charge on any atom is -0.316 e. The van der Waals surface area contributed by atoms with Gasteiger partial charge in [-0.1, -0.05) is 51.2 Å². The highest BCUT2D eigenvalue weighted by atomic mass is 32.2. The molecule has 120 valence electrons. The third-order valence-electron chi connectivity index (χ3n) is 3.41. The lowest BCUT2D eigenvalue weighted by Crippen LogP contribution is -2.25. The van der Waals surface area contributed by atoms with Crippen LogP contribution in [0.2, 0.25) is 0 Å². The first-order valence-corrected chi connectivity index (χ1v) is 9.31. The number of unbranched alkanes of at least 4 members (excludes halogenated alkanes) is 5. The fourth-order valence-corrected chi connectivity index (χ4v) is 3.37. The zero-order valence-electron chi connectivity index (χ0n) is 13.2. The molecule has 5 heteroatoms. The van der Waals surface area contributed by atoms with Crippen molar-refractivity contribution in [1.29, 1.82) is 0 Å². The lowest BCUT2D eigenvalue weighted by molar-refractivity contribution is 0.567. The fraction of sp³-hybridized carbons (Fsp3) is 0.625. The zero-order valence-corrected chi connectivity index (χ0v) is 14.0. The quantitative estimate of drug-likeness (QED) is 0.617. The monoisotopic (exact) mass is 312 g/mol. The highest BCUT2D eigenvalue weighted by Crippen LogP contribution is 2.12. The molecule has 1 rings (SSSR count). The van der Waals surface area contributed by atoms with Gasteiger partial charge in [-0.15, -0.1) is 0 Å². The van der Waals surface area contributed by atoms with E-state index in [0.29, 0.717) is 18.0 Å². The van der Waals surface area contributed by atoms with Crippen LogP contribution in [0, 0.1) is 0 Å². The normalized spacial score (nSPS) is 11.7. The topological polar surface area (TPSA) is 58.2 Å². The van der Waals surface area contributed by atoms with Crippen LogP contribution >= 0.6 is 0 Å². The Morgan fingerprint density at radius 3 is 2.48 bits per heavy atom. The van der Waals surface area contributed by atoms with Crippen LogP contribution in [0.1, 0.15) is 51.0 Å². The Morgan fingerprint density at radius 2 is 1.76 bits per heavy atom. The first-order chi connectivity index (χ1) is 10.1. The first-order valence-electron chi connectivity index (χ1n) is 7.83. The van der Waals surface area contributed by atoms with E-state index >= 15 is 0 Å². The molecule has 2 N–H and O–H groups in total. The van der Waals surface area contributed by atoms with Gasteiger partial charge in [0.15, 0.2) is 0 Å². The second-order valence-electron chi connectivity index (χ2n) is 5.34. The molecule has 21 heavy (non-hydrogen) atoms. The van der Waals surface area contributed by atoms with Crippen molar-refractivity contribution in [3.05, 3.63) is 29.8 Å². The van der Waals surface area contributed by atoms with Crippen molar-refractivity contribution in [2.45, 2.75) is 56.9 Å². The van der Waals surface area contributed by atoms with Gasteiger partial charge in [0.25, 0.3) is 0 Å². The van der Waals surface area contributed by atoms with Gasteiger partial charge in [-0.05, 0) is 31.2 Å². The second kappa shape index (κ2) is 9.92. The van der Waals surface area contributed by atoms with E-state index in [2.05, 4.69) is 17.0 Å². The van der Waals surface area contributed by atoms with Crippen molar-refractivity contribution < 1.29 is 8.42 Å². The van der Waals surface area contributed by atoms with E-state index < -0.39 is 10.0 Å². The van der Waals surface area contributed by atoms with Crippen LogP contribution in [0.5, 0.6) is 0 Å². The minimum atomic E-state index is -3.38. The Bertz CT molecular complexity index is 501. The molecular weight excluding hydrogens is 284 g/mol. The number of benzene rings is 1. The summed E-state index contributed by atoms with van der Waals surface area (Å²) in [5.74, 6) is 0. The molecule has 0 aliphatic carbocycles. The molecule has 0 fully saturated rings. The summed E-state index contributed by atoms with van der Waals surface area (Å²) in [6, 6.07) is 7.07. The van der Waals surface area contributed by atoms with Gasteiger partial charge < -0.3 is 5.32 Å². The summed E-state index contributed by atoms with van der Waals surface area (Å²) in [7, 11) is -1.53. The van der Waals surface area contributed by atoms with Crippen molar-refractivity contribution in [2.24, 2.45) is 0 Å². The maximum absolute atomic E-state index is 12.2. The van der Waals surface area contributed by atoms with Crippen LogP contribution in [0.4, 0.5) is 0 Å². The van der Waals surface area contributed by atoms with Gasteiger partial charge in [-0.3, -0.25) is 0 Å². The number of sulfonamides is 1. The van der Waals surface area contributed by atoms with Crippen LogP contribution in [0.3, 0.4) is 0 Å². The predicted molar refractivity (Wildman–Crippen MR) is 87.8 cm³/mol. The molecule has 0 bridgehead atoms. The number of hydrogen-bond donors (Lipinski definition) is 2. The summed E-state index contributed by atoms with van der Waals surface area (Å²) in [5.41, 5.74) is 0.972. The Hall–Kier alpha value is -0.910. The standard InChI is InChI=1S/C16H28N2O2S/c1-3-4-5-6-7-8-12-18-21(19,20)16-11-9-10-15(13-16)14-17-2/h9-11,13,17-18H,3-8,12,14H2,1-2H3. The van der Waals surface area contributed by atoms with Gasteiger partial charge in [-0.2, -0.15) is 0 Å². The summed E-state index contributed by atoms with van der Waals surface area (Å²) in [6.07, 6.45) is 6.92. The summed E-state index contributed by atoms with van der Waals surface area (Å²) >= 11 is 0. The van der Waals surface area contributed by atoms with Crippen molar-refractivity contribution in [3.8, 4) is 0 Å². The summed E-state index contributed by atoms with van der Waals surface area (Å²) < 4.78 is 27.1. The Morgan fingerprint density at radius 1 is 1.05 bits per heavy atom. The van der Waals surface area contributed by atoms with Crippen LogP contribution in [0.15, 0.2) is 29.2 Å². The van der Waals surface area contributed by atoms with Crippen molar-refractivity contribution in [3.63, 3.8) is 0 Å². The van der Waals surface area contributed by atoms with Crippen LogP contribution in [0.25, 0.3) is 0 Å². The molecule has 0 heterocycles. The summed E-state index contributed by atoms with van der Waals surface area (Å²) in [5, 5.41) is 3.02. The van der Waals surface area contributed by atoms with Gasteiger partial charge >= 0.3 is 0 Å². The van der Waals surface area contributed by atoms with Crippen molar-refractivity contribution in [1.82, 2.24) is 10.0 Å². The van der Waals surface area contributed by atoms with E-state index in [9.17, 15) is 8.42 Å². The highest BCUT2D eigenvalue weighted by molar-refractivity contribution is 7.89. The fourth-order valence-electron chi connectivity index (χ4n) is 2.22. The maximum Gasteiger partial charge on any atom is 0.240 e. The van der Waals surface area contributed by atoms with Crippen molar-refractivity contribution in [2.75, 3.05) is 13.6 Å².